The summed E-state index contributed by atoms with van der Waals surface area (Å²) in [5.41, 5.74) is 0.900. The van der Waals surface area contributed by atoms with E-state index in [2.05, 4.69) is 5.32 Å². The van der Waals surface area contributed by atoms with Crippen LogP contribution >= 0.6 is 11.6 Å². The lowest BCUT2D eigenvalue weighted by atomic mass is 10.0. The normalized spacial score (nSPS) is 10.5. The fraction of sp³-hybridized carbons (Fsp3) is 0.500. The minimum Gasteiger partial charge on any atom is -0.497 e. The van der Waals surface area contributed by atoms with Crippen molar-refractivity contribution >= 4 is 17.5 Å². The minimum atomic E-state index is 0.0852. The summed E-state index contributed by atoms with van der Waals surface area (Å²) in [6.45, 7) is 4.50. The summed E-state index contributed by atoms with van der Waals surface area (Å²) in [5.74, 6) is 0.893. The number of amides is 1. The zero-order valence-corrected chi connectivity index (χ0v) is 11.9. The number of hydrogen-bond donors (Lipinski definition) is 1. The standard InChI is InChI=1S/C14H20ClNO2/c1-4-10(5-2)14(17)16-9-11-6-7-12(18-3)8-13(11)15/h6-8,10H,4-5,9H2,1-3H3,(H,16,17). The molecule has 1 aromatic carbocycles. The molecule has 0 bridgehead atoms. The molecule has 0 radical (unpaired) electrons. The largest absolute Gasteiger partial charge is 0.497 e. The lowest BCUT2D eigenvalue weighted by Crippen LogP contribution is -2.29. The Morgan fingerprint density at radius 1 is 1.39 bits per heavy atom. The van der Waals surface area contributed by atoms with Gasteiger partial charge in [0.05, 0.1) is 7.11 Å². The quantitative estimate of drug-likeness (QED) is 0.860. The highest BCUT2D eigenvalue weighted by molar-refractivity contribution is 6.31. The monoisotopic (exact) mass is 269 g/mol. The fourth-order valence-corrected chi connectivity index (χ4v) is 2.02. The van der Waals surface area contributed by atoms with E-state index in [0.717, 1.165) is 24.2 Å². The van der Waals surface area contributed by atoms with Gasteiger partial charge < -0.3 is 10.1 Å². The van der Waals surface area contributed by atoms with Crippen LogP contribution in [0.3, 0.4) is 0 Å². The third-order valence-corrected chi connectivity index (χ3v) is 3.42. The van der Waals surface area contributed by atoms with Crippen molar-refractivity contribution in [2.24, 2.45) is 5.92 Å². The summed E-state index contributed by atoms with van der Waals surface area (Å²) in [6, 6.07) is 5.46. The van der Waals surface area contributed by atoms with Crippen molar-refractivity contribution in [1.82, 2.24) is 5.32 Å². The average molecular weight is 270 g/mol. The van der Waals surface area contributed by atoms with Crippen LogP contribution in [0.5, 0.6) is 5.75 Å². The highest BCUT2D eigenvalue weighted by atomic mass is 35.5. The Balaban J connectivity index is 2.61. The van der Waals surface area contributed by atoms with E-state index in [1.54, 1.807) is 13.2 Å². The van der Waals surface area contributed by atoms with Gasteiger partial charge in [0.25, 0.3) is 0 Å². The molecule has 0 saturated carbocycles. The molecule has 0 aliphatic rings. The van der Waals surface area contributed by atoms with E-state index >= 15 is 0 Å². The molecule has 1 amide bonds. The zero-order valence-electron chi connectivity index (χ0n) is 11.1. The van der Waals surface area contributed by atoms with Crippen molar-refractivity contribution < 1.29 is 9.53 Å². The first-order chi connectivity index (χ1) is 8.62. The maximum absolute atomic E-state index is 11.8. The summed E-state index contributed by atoms with van der Waals surface area (Å²) in [6.07, 6.45) is 1.72. The summed E-state index contributed by atoms with van der Waals surface area (Å²) in [7, 11) is 1.60. The zero-order chi connectivity index (χ0) is 13.5. The number of nitrogens with one attached hydrogen (secondary N) is 1. The van der Waals surface area contributed by atoms with Crippen LogP contribution in [0.25, 0.3) is 0 Å². The number of halogens is 1. The number of carbonyl (C=O) groups is 1. The van der Waals surface area contributed by atoms with Crippen LogP contribution in [0.15, 0.2) is 18.2 Å². The van der Waals surface area contributed by atoms with E-state index in [9.17, 15) is 4.79 Å². The predicted molar refractivity (Wildman–Crippen MR) is 73.9 cm³/mol. The lowest BCUT2D eigenvalue weighted by molar-refractivity contribution is -0.125. The van der Waals surface area contributed by atoms with Gasteiger partial charge in [0, 0.05) is 17.5 Å². The van der Waals surface area contributed by atoms with Crippen LogP contribution in [0.4, 0.5) is 0 Å². The van der Waals surface area contributed by atoms with Crippen molar-refractivity contribution in [3.05, 3.63) is 28.8 Å². The van der Waals surface area contributed by atoms with Crippen LogP contribution < -0.4 is 10.1 Å². The molecule has 0 aliphatic carbocycles. The van der Waals surface area contributed by atoms with E-state index in [0.29, 0.717) is 11.6 Å². The first-order valence-electron chi connectivity index (χ1n) is 6.22. The van der Waals surface area contributed by atoms with Gasteiger partial charge in [-0.25, -0.2) is 0 Å². The van der Waals surface area contributed by atoms with Gasteiger partial charge in [-0.2, -0.15) is 0 Å². The van der Waals surface area contributed by atoms with Crippen molar-refractivity contribution in [3.8, 4) is 5.75 Å². The topological polar surface area (TPSA) is 38.3 Å². The summed E-state index contributed by atoms with van der Waals surface area (Å²) < 4.78 is 5.08. The van der Waals surface area contributed by atoms with Crippen LogP contribution in [-0.2, 0) is 11.3 Å². The SMILES string of the molecule is CCC(CC)C(=O)NCc1ccc(OC)cc1Cl. The number of rotatable bonds is 6. The Hall–Kier alpha value is -1.22. The first kappa shape index (κ1) is 14.8. The maximum Gasteiger partial charge on any atom is 0.223 e. The third kappa shape index (κ3) is 3.91. The Labute approximate surface area is 113 Å². The Kier molecular flexibility index (Phi) is 5.99. The van der Waals surface area contributed by atoms with Gasteiger partial charge in [0.15, 0.2) is 0 Å². The molecule has 4 heteroatoms. The highest BCUT2D eigenvalue weighted by Gasteiger charge is 2.13. The van der Waals surface area contributed by atoms with Gasteiger partial charge in [-0.05, 0) is 30.5 Å². The van der Waals surface area contributed by atoms with Crippen molar-refractivity contribution in [1.29, 1.82) is 0 Å². The Morgan fingerprint density at radius 2 is 2.06 bits per heavy atom. The van der Waals surface area contributed by atoms with Gasteiger partial charge in [-0.1, -0.05) is 31.5 Å². The van der Waals surface area contributed by atoms with E-state index in [1.165, 1.54) is 0 Å². The summed E-state index contributed by atoms with van der Waals surface area (Å²) >= 11 is 6.11. The highest BCUT2D eigenvalue weighted by Crippen LogP contribution is 2.22. The molecule has 1 aromatic rings. The van der Waals surface area contributed by atoms with E-state index in [4.69, 9.17) is 16.3 Å². The second kappa shape index (κ2) is 7.27. The number of hydrogen-bond acceptors (Lipinski definition) is 2. The number of ether oxygens (including phenoxy) is 1. The van der Waals surface area contributed by atoms with E-state index in [-0.39, 0.29) is 11.8 Å². The smallest absolute Gasteiger partial charge is 0.223 e. The molecular formula is C14H20ClNO2. The molecule has 100 valence electrons. The van der Waals surface area contributed by atoms with Crippen LogP contribution in [-0.4, -0.2) is 13.0 Å². The molecule has 0 saturated heterocycles. The molecule has 1 N–H and O–H groups in total. The van der Waals surface area contributed by atoms with Crippen molar-refractivity contribution in [3.63, 3.8) is 0 Å². The molecule has 1 rings (SSSR count). The molecular weight excluding hydrogens is 250 g/mol. The average Bonchev–Trinajstić information content (AvgIpc) is 2.38. The molecule has 0 heterocycles. The van der Waals surface area contributed by atoms with Gasteiger partial charge in [-0.15, -0.1) is 0 Å². The van der Waals surface area contributed by atoms with Gasteiger partial charge in [-0.3, -0.25) is 4.79 Å². The molecule has 0 unspecified atom stereocenters. The van der Waals surface area contributed by atoms with Crippen LogP contribution in [0.2, 0.25) is 5.02 Å². The minimum absolute atomic E-state index is 0.0852. The molecule has 0 atom stereocenters. The summed E-state index contributed by atoms with van der Waals surface area (Å²) in [5, 5.41) is 3.53. The Morgan fingerprint density at radius 3 is 2.56 bits per heavy atom. The number of carbonyl (C=O) groups excluding carboxylic acids is 1. The van der Waals surface area contributed by atoms with Crippen molar-refractivity contribution in [2.75, 3.05) is 7.11 Å². The third-order valence-electron chi connectivity index (χ3n) is 3.07. The first-order valence-corrected chi connectivity index (χ1v) is 6.60. The molecule has 3 nitrogen and oxygen atoms in total. The number of methoxy groups -OCH3 is 1. The predicted octanol–water partition coefficient (Wildman–Crippen LogP) is 3.40. The molecule has 18 heavy (non-hydrogen) atoms. The number of benzene rings is 1. The Bertz CT molecular complexity index is 403. The van der Waals surface area contributed by atoms with E-state index in [1.807, 2.05) is 26.0 Å². The van der Waals surface area contributed by atoms with E-state index < -0.39 is 0 Å². The summed E-state index contributed by atoms with van der Waals surface area (Å²) in [4.78, 5) is 11.8. The van der Waals surface area contributed by atoms with Gasteiger partial charge in [0.2, 0.25) is 5.91 Å². The maximum atomic E-state index is 11.8. The molecule has 0 aromatic heterocycles. The van der Waals surface area contributed by atoms with Gasteiger partial charge >= 0.3 is 0 Å². The van der Waals surface area contributed by atoms with Crippen molar-refractivity contribution in [2.45, 2.75) is 33.2 Å². The lowest BCUT2D eigenvalue weighted by Gasteiger charge is -2.13. The second-order valence-electron chi connectivity index (χ2n) is 4.19. The van der Waals surface area contributed by atoms with Crippen LogP contribution in [0.1, 0.15) is 32.3 Å². The van der Waals surface area contributed by atoms with Crippen LogP contribution in [0, 0.1) is 5.92 Å². The molecule has 0 aliphatic heterocycles. The van der Waals surface area contributed by atoms with Gasteiger partial charge in [0.1, 0.15) is 5.75 Å². The molecule has 0 fully saturated rings. The second-order valence-corrected chi connectivity index (χ2v) is 4.60. The fourth-order valence-electron chi connectivity index (χ4n) is 1.78. The molecule has 0 spiro atoms.